The van der Waals surface area contributed by atoms with E-state index in [4.69, 9.17) is 14.7 Å². The van der Waals surface area contributed by atoms with Gasteiger partial charge in [0.2, 0.25) is 5.95 Å². The highest BCUT2D eigenvalue weighted by Gasteiger charge is 2.22. The van der Waals surface area contributed by atoms with Crippen molar-refractivity contribution in [2.75, 3.05) is 30.1 Å². The number of aromatic nitrogens is 6. The van der Waals surface area contributed by atoms with E-state index >= 15 is 0 Å². The number of methoxy groups -OCH3 is 1. The summed E-state index contributed by atoms with van der Waals surface area (Å²) in [5.41, 5.74) is 2.92. The van der Waals surface area contributed by atoms with E-state index < -0.39 is 9.84 Å². The SMILES string of the molecule is CCCS(=O)(=O)c1ccc(N(C)c2nc(Nc3cc(C)[nH]n3)c(OC)c(-c3cnn(C)c3)n2)cc1. The first-order valence-electron chi connectivity index (χ1n) is 11.0. The molecule has 0 radical (unpaired) electrons. The Hall–Kier alpha value is -3.93. The quantitative estimate of drug-likeness (QED) is 0.357. The standard InChI is InChI=1S/C23H28N8O3S/c1-6-11-35(32,33)18-9-7-17(8-10-18)31(4)23-26-20(16-13-24-30(3)14-16)21(34-5)22(27-23)25-19-12-15(2)28-29-19/h7-10,12-14H,6,11H2,1-5H3,(H2,25,26,27,28,29). The summed E-state index contributed by atoms with van der Waals surface area (Å²) < 4.78 is 32.2. The Kier molecular flexibility index (Phi) is 6.74. The zero-order valence-electron chi connectivity index (χ0n) is 20.3. The lowest BCUT2D eigenvalue weighted by Crippen LogP contribution is -2.15. The smallest absolute Gasteiger partial charge is 0.232 e. The molecule has 4 rings (SSSR count). The molecule has 184 valence electrons. The molecule has 0 amide bonds. The van der Waals surface area contributed by atoms with Gasteiger partial charge < -0.3 is 15.0 Å². The van der Waals surface area contributed by atoms with E-state index in [9.17, 15) is 8.42 Å². The first-order chi connectivity index (χ1) is 16.7. The highest BCUT2D eigenvalue weighted by atomic mass is 32.2. The number of hydrogen-bond donors (Lipinski definition) is 2. The number of anilines is 4. The molecular formula is C23H28N8O3S. The first-order valence-corrected chi connectivity index (χ1v) is 12.7. The topological polar surface area (TPSA) is 131 Å². The van der Waals surface area contributed by atoms with Crippen LogP contribution in [0.5, 0.6) is 5.75 Å². The van der Waals surface area contributed by atoms with E-state index in [-0.39, 0.29) is 5.75 Å². The zero-order valence-corrected chi connectivity index (χ0v) is 21.1. The molecule has 12 heteroatoms. The fraction of sp³-hybridized carbons (Fsp3) is 0.304. The van der Waals surface area contributed by atoms with Crippen molar-refractivity contribution >= 4 is 33.1 Å². The van der Waals surface area contributed by atoms with Gasteiger partial charge in [-0.25, -0.2) is 13.4 Å². The molecule has 0 aliphatic heterocycles. The number of ether oxygens (including phenoxy) is 1. The first kappa shape index (κ1) is 24.2. The van der Waals surface area contributed by atoms with Gasteiger partial charge in [0.1, 0.15) is 5.69 Å². The molecule has 0 unspecified atom stereocenters. The molecule has 2 N–H and O–H groups in total. The van der Waals surface area contributed by atoms with Crippen molar-refractivity contribution in [1.29, 1.82) is 0 Å². The summed E-state index contributed by atoms with van der Waals surface area (Å²) in [6, 6.07) is 8.54. The third-order valence-electron chi connectivity index (χ3n) is 5.34. The highest BCUT2D eigenvalue weighted by Crippen LogP contribution is 2.37. The maximum Gasteiger partial charge on any atom is 0.232 e. The molecule has 0 saturated heterocycles. The Bertz CT molecular complexity index is 1430. The van der Waals surface area contributed by atoms with Gasteiger partial charge in [0, 0.05) is 43.3 Å². The lowest BCUT2D eigenvalue weighted by atomic mass is 10.2. The van der Waals surface area contributed by atoms with Gasteiger partial charge >= 0.3 is 0 Å². The van der Waals surface area contributed by atoms with Crippen molar-refractivity contribution in [2.24, 2.45) is 7.05 Å². The zero-order chi connectivity index (χ0) is 25.2. The minimum Gasteiger partial charge on any atom is -0.491 e. The fourth-order valence-corrected chi connectivity index (χ4v) is 4.91. The molecule has 35 heavy (non-hydrogen) atoms. The second-order valence-corrected chi connectivity index (χ2v) is 10.2. The van der Waals surface area contributed by atoms with Crippen LogP contribution in [0.2, 0.25) is 0 Å². The Morgan fingerprint density at radius 3 is 2.51 bits per heavy atom. The third-order valence-corrected chi connectivity index (χ3v) is 7.28. The minimum absolute atomic E-state index is 0.111. The van der Waals surface area contributed by atoms with Gasteiger partial charge in [0.25, 0.3) is 0 Å². The Labute approximate surface area is 204 Å². The van der Waals surface area contributed by atoms with Crippen molar-refractivity contribution < 1.29 is 13.2 Å². The van der Waals surface area contributed by atoms with Gasteiger partial charge in [0.15, 0.2) is 27.2 Å². The van der Waals surface area contributed by atoms with Crippen LogP contribution in [0.4, 0.5) is 23.3 Å². The molecule has 0 atom stereocenters. The number of aromatic amines is 1. The number of nitrogens with one attached hydrogen (secondary N) is 2. The summed E-state index contributed by atoms with van der Waals surface area (Å²) in [6.07, 6.45) is 4.10. The molecule has 0 fully saturated rings. The maximum absolute atomic E-state index is 12.4. The largest absolute Gasteiger partial charge is 0.491 e. The van der Waals surface area contributed by atoms with Crippen LogP contribution in [0.25, 0.3) is 11.3 Å². The molecule has 0 aliphatic carbocycles. The summed E-state index contributed by atoms with van der Waals surface area (Å²) >= 11 is 0. The van der Waals surface area contributed by atoms with Crippen molar-refractivity contribution in [1.82, 2.24) is 29.9 Å². The molecule has 0 saturated carbocycles. The van der Waals surface area contributed by atoms with Crippen LogP contribution in [-0.4, -0.2) is 58.3 Å². The van der Waals surface area contributed by atoms with Gasteiger partial charge in [-0.3, -0.25) is 9.78 Å². The van der Waals surface area contributed by atoms with Crippen LogP contribution in [0.1, 0.15) is 19.0 Å². The molecule has 0 bridgehead atoms. The molecule has 3 aromatic heterocycles. The number of aryl methyl sites for hydroxylation is 2. The average Bonchev–Trinajstić information content (AvgIpc) is 3.45. The summed E-state index contributed by atoms with van der Waals surface area (Å²) in [6.45, 7) is 3.75. The number of sulfone groups is 1. The summed E-state index contributed by atoms with van der Waals surface area (Å²) in [4.78, 5) is 11.5. The lowest BCUT2D eigenvalue weighted by molar-refractivity contribution is 0.415. The summed E-state index contributed by atoms with van der Waals surface area (Å²) in [7, 11) is 1.89. The normalized spacial score (nSPS) is 11.5. The van der Waals surface area contributed by atoms with Crippen LogP contribution in [0, 0.1) is 6.92 Å². The minimum atomic E-state index is -3.30. The van der Waals surface area contributed by atoms with Crippen molar-refractivity contribution in [3.05, 3.63) is 48.4 Å². The predicted octanol–water partition coefficient (Wildman–Crippen LogP) is 3.61. The van der Waals surface area contributed by atoms with E-state index in [0.717, 1.165) is 16.9 Å². The average molecular weight is 497 g/mol. The van der Waals surface area contributed by atoms with Crippen LogP contribution in [0.15, 0.2) is 47.6 Å². The molecular weight excluding hydrogens is 468 g/mol. The van der Waals surface area contributed by atoms with Gasteiger partial charge in [-0.1, -0.05) is 6.92 Å². The number of H-pyrrole nitrogens is 1. The van der Waals surface area contributed by atoms with Gasteiger partial charge in [-0.05, 0) is 37.6 Å². The van der Waals surface area contributed by atoms with Crippen molar-refractivity contribution in [2.45, 2.75) is 25.2 Å². The van der Waals surface area contributed by atoms with E-state index in [1.807, 2.05) is 40.2 Å². The number of benzene rings is 1. The van der Waals surface area contributed by atoms with Gasteiger partial charge in [-0.2, -0.15) is 15.2 Å². The number of rotatable bonds is 9. The Balaban J connectivity index is 1.78. The monoisotopic (exact) mass is 496 g/mol. The third kappa shape index (κ3) is 5.11. The Morgan fingerprint density at radius 1 is 1.20 bits per heavy atom. The van der Waals surface area contributed by atoms with E-state index in [0.29, 0.717) is 40.3 Å². The van der Waals surface area contributed by atoms with Crippen LogP contribution in [-0.2, 0) is 16.9 Å². The van der Waals surface area contributed by atoms with Crippen molar-refractivity contribution in [3.63, 3.8) is 0 Å². The van der Waals surface area contributed by atoms with Crippen LogP contribution < -0.4 is 15.0 Å². The van der Waals surface area contributed by atoms with Gasteiger partial charge in [-0.15, -0.1) is 0 Å². The summed E-state index contributed by atoms with van der Waals surface area (Å²) in [5, 5.41) is 14.6. The van der Waals surface area contributed by atoms with E-state index in [1.54, 1.807) is 47.2 Å². The fourth-order valence-electron chi connectivity index (χ4n) is 3.59. The van der Waals surface area contributed by atoms with Crippen LogP contribution >= 0.6 is 0 Å². The lowest BCUT2D eigenvalue weighted by Gasteiger charge is -2.21. The molecule has 1 aromatic carbocycles. The highest BCUT2D eigenvalue weighted by molar-refractivity contribution is 7.91. The van der Waals surface area contributed by atoms with Crippen molar-refractivity contribution in [3.8, 4) is 17.0 Å². The molecule has 4 aromatic rings. The molecule has 0 aliphatic rings. The Morgan fingerprint density at radius 2 is 1.94 bits per heavy atom. The molecule has 3 heterocycles. The molecule has 0 spiro atoms. The molecule has 11 nitrogen and oxygen atoms in total. The second kappa shape index (κ2) is 9.74. The predicted molar refractivity (Wildman–Crippen MR) is 134 cm³/mol. The number of nitrogens with zero attached hydrogens (tertiary/aromatic N) is 6. The maximum atomic E-state index is 12.4. The van der Waals surface area contributed by atoms with Gasteiger partial charge in [0.05, 0.1) is 24.0 Å². The number of hydrogen-bond acceptors (Lipinski definition) is 9. The second-order valence-electron chi connectivity index (χ2n) is 8.09. The summed E-state index contributed by atoms with van der Waals surface area (Å²) in [5.74, 6) is 1.94. The van der Waals surface area contributed by atoms with E-state index in [2.05, 4.69) is 20.6 Å². The van der Waals surface area contributed by atoms with E-state index in [1.165, 1.54) is 0 Å². The van der Waals surface area contributed by atoms with Crippen LogP contribution in [0.3, 0.4) is 0 Å².